The number of thioether (sulfide) groups is 1. The first kappa shape index (κ1) is 27.8. The van der Waals surface area contributed by atoms with Gasteiger partial charge in [0.2, 0.25) is 13.6 Å². The number of rotatable bonds is 11. The van der Waals surface area contributed by atoms with Crippen molar-refractivity contribution in [3.05, 3.63) is 30.3 Å². The second-order valence-electron chi connectivity index (χ2n) is 6.82. The van der Waals surface area contributed by atoms with E-state index in [2.05, 4.69) is 14.8 Å². The van der Waals surface area contributed by atoms with Gasteiger partial charge in [0.15, 0.2) is 0 Å². The van der Waals surface area contributed by atoms with Gasteiger partial charge in [0.05, 0.1) is 4.75 Å². The highest BCUT2D eigenvalue weighted by Gasteiger charge is 2.41. The molecule has 0 spiro atoms. The molecule has 0 radical (unpaired) electrons. The second kappa shape index (κ2) is 14.0. The van der Waals surface area contributed by atoms with Gasteiger partial charge in [0.1, 0.15) is 11.8 Å². The lowest BCUT2D eigenvalue weighted by molar-refractivity contribution is -0.152. The number of hydrogen-bond donors (Lipinski definition) is 1. The summed E-state index contributed by atoms with van der Waals surface area (Å²) < 4.78 is 23.0. The van der Waals surface area contributed by atoms with Crippen LogP contribution in [0.3, 0.4) is 0 Å². The largest absolute Gasteiger partial charge is 0.428 e. The van der Waals surface area contributed by atoms with Crippen LogP contribution in [0.25, 0.3) is 0 Å². The zero-order chi connectivity index (χ0) is 24.9. The van der Waals surface area contributed by atoms with Crippen molar-refractivity contribution in [2.24, 2.45) is 0 Å². The fourth-order valence-electron chi connectivity index (χ4n) is 2.14. The van der Waals surface area contributed by atoms with Crippen molar-refractivity contribution in [1.82, 2.24) is 5.32 Å². The average molecular weight is 486 g/mol. The molecular weight excluding hydrogens is 458 g/mol. The second-order valence-corrected chi connectivity index (χ2v) is 8.41. The summed E-state index contributed by atoms with van der Waals surface area (Å²) in [6.07, 6.45) is -0.868. The third-order valence-corrected chi connectivity index (χ3v) is 4.93. The van der Waals surface area contributed by atoms with Gasteiger partial charge >= 0.3 is 29.3 Å². The SMILES string of the molecule is CCC(=O)OCOC(=O)N[C@@H](C(=O)Oc1ccccc1)C(C)(C)SC(=O)OCOC(=O)CC. The van der Waals surface area contributed by atoms with Crippen molar-refractivity contribution >= 4 is 41.1 Å². The van der Waals surface area contributed by atoms with Crippen molar-refractivity contribution in [3.63, 3.8) is 0 Å². The molecule has 1 atom stereocenters. The van der Waals surface area contributed by atoms with E-state index in [9.17, 15) is 24.0 Å². The zero-order valence-corrected chi connectivity index (χ0v) is 19.6. The molecule has 1 rings (SSSR count). The number of nitrogens with one attached hydrogen (secondary N) is 1. The highest BCUT2D eigenvalue weighted by atomic mass is 32.2. The first-order valence-corrected chi connectivity index (χ1v) is 10.8. The number of carbonyl (C=O) groups excluding carboxylic acids is 5. The molecule has 33 heavy (non-hydrogen) atoms. The fourth-order valence-corrected chi connectivity index (χ4v) is 2.95. The van der Waals surface area contributed by atoms with Gasteiger partial charge in [-0.25, -0.2) is 14.4 Å². The third kappa shape index (κ3) is 10.7. The smallest absolute Gasteiger partial charge is 0.410 e. The highest BCUT2D eigenvalue weighted by Crippen LogP contribution is 2.31. The van der Waals surface area contributed by atoms with Crippen molar-refractivity contribution in [3.8, 4) is 5.75 Å². The molecule has 0 saturated carbocycles. The van der Waals surface area contributed by atoms with Crippen LogP contribution in [0.15, 0.2) is 30.3 Å². The molecule has 0 aromatic heterocycles. The molecule has 0 aliphatic rings. The van der Waals surface area contributed by atoms with Crippen LogP contribution in [0, 0.1) is 0 Å². The molecule has 1 aromatic carbocycles. The number of esters is 3. The molecule has 0 bridgehead atoms. The minimum atomic E-state index is -1.39. The topological polar surface area (TPSA) is 144 Å². The van der Waals surface area contributed by atoms with Crippen LogP contribution in [0.1, 0.15) is 40.5 Å². The summed E-state index contributed by atoms with van der Waals surface area (Å²) in [5.41, 5.74) is 0. The van der Waals surface area contributed by atoms with Gasteiger partial charge in [-0.1, -0.05) is 32.0 Å². The minimum absolute atomic E-state index is 0.0936. The number of para-hydroxylation sites is 1. The Morgan fingerprint density at radius 2 is 1.42 bits per heavy atom. The summed E-state index contributed by atoms with van der Waals surface area (Å²) in [7, 11) is 0. The van der Waals surface area contributed by atoms with Crippen molar-refractivity contribution in [2.75, 3.05) is 13.6 Å². The van der Waals surface area contributed by atoms with Gasteiger partial charge in [0, 0.05) is 12.8 Å². The molecule has 12 heteroatoms. The Balaban J connectivity index is 2.86. The first-order chi connectivity index (χ1) is 15.6. The maximum Gasteiger partial charge on any atom is 0.410 e. The molecule has 0 aliphatic carbocycles. The fraction of sp³-hybridized carbons (Fsp3) is 0.476. The average Bonchev–Trinajstić information content (AvgIpc) is 2.77. The van der Waals surface area contributed by atoms with Crippen molar-refractivity contribution < 1.29 is 47.7 Å². The minimum Gasteiger partial charge on any atom is -0.428 e. The maximum absolute atomic E-state index is 12.8. The van der Waals surface area contributed by atoms with Gasteiger partial charge in [-0.05, 0) is 37.7 Å². The van der Waals surface area contributed by atoms with E-state index in [-0.39, 0.29) is 18.6 Å². The predicted octanol–water partition coefficient (Wildman–Crippen LogP) is 3.16. The van der Waals surface area contributed by atoms with E-state index in [4.69, 9.17) is 14.2 Å². The Labute approximate surface area is 195 Å². The van der Waals surface area contributed by atoms with Crippen molar-refractivity contribution in [2.45, 2.75) is 51.3 Å². The van der Waals surface area contributed by atoms with Crippen LogP contribution in [0.4, 0.5) is 9.59 Å². The quantitative estimate of drug-likeness (QED) is 0.280. The number of ether oxygens (including phenoxy) is 5. The van der Waals surface area contributed by atoms with Gasteiger partial charge < -0.3 is 29.0 Å². The van der Waals surface area contributed by atoms with Crippen LogP contribution in [-0.2, 0) is 33.3 Å². The van der Waals surface area contributed by atoms with Crippen molar-refractivity contribution in [1.29, 1.82) is 0 Å². The summed E-state index contributed by atoms with van der Waals surface area (Å²) in [5.74, 6) is -1.80. The Morgan fingerprint density at radius 1 is 0.879 bits per heavy atom. The molecule has 0 saturated heterocycles. The Hall–Kier alpha value is -3.28. The first-order valence-electron chi connectivity index (χ1n) is 9.96. The molecule has 0 unspecified atom stereocenters. The Morgan fingerprint density at radius 3 is 1.97 bits per heavy atom. The number of amides is 1. The summed E-state index contributed by atoms with van der Waals surface area (Å²) in [4.78, 5) is 59.5. The van der Waals surface area contributed by atoms with Crippen LogP contribution < -0.4 is 10.1 Å². The molecule has 1 N–H and O–H groups in total. The van der Waals surface area contributed by atoms with E-state index in [1.807, 2.05) is 0 Å². The molecule has 0 fully saturated rings. The van der Waals surface area contributed by atoms with Crippen LogP contribution in [0.5, 0.6) is 5.75 Å². The Kier molecular flexibility index (Phi) is 11.8. The van der Waals surface area contributed by atoms with Crippen LogP contribution in [-0.4, -0.2) is 53.7 Å². The molecule has 0 heterocycles. The number of alkyl carbamates (subject to hydrolysis) is 1. The predicted molar refractivity (Wildman–Crippen MR) is 116 cm³/mol. The van der Waals surface area contributed by atoms with E-state index in [0.29, 0.717) is 11.8 Å². The van der Waals surface area contributed by atoms with E-state index in [1.54, 1.807) is 32.0 Å². The standard InChI is InChI=1S/C21H27NO10S/c1-5-15(23)28-12-30-19(26)22-17(18(25)32-14-10-8-7-9-11-14)21(3,4)33-20(27)31-13-29-16(24)6-2/h7-11,17H,5-6,12-13H2,1-4H3,(H,22,26)/t17-/m0/s1. The summed E-state index contributed by atoms with van der Waals surface area (Å²) >= 11 is 0.574. The lowest BCUT2D eigenvalue weighted by Crippen LogP contribution is -2.54. The van der Waals surface area contributed by atoms with Crippen LogP contribution >= 0.6 is 11.8 Å². The van der Waals surface area contributed by atoms with E-state index in [0.717, 1.165) is 0 Å². The molecule has 1 amide bonds. The van der Waals surface area contributed by atoms with E-state index in [1.165, 1.54) is 26.0 Å². The monoisotopic (exact) mass is 485 g/mol. The summed E-state index contributed by atoms with van der Waals surface area (Å²) in [6, 6.07) is 6.71. The zero-order valence-electron chi connectivity index (χ0n) is 18.8. The molecule has 0 aliphatic heterocycles. The summed E-state index contributed by atoms with van der Waals surface area (Å²) in [5, 5.41) is 1.46. The van der Waals surface area contributed by atoms with Gasteiger partial charge in [-0.15, -0.1) is 0 Å². The summed E-state index contributed by atoms with van der Waals surface area (Å²) in [6.45, 7) is 4.89. The third-order valence-electron chi connectivity index (χ3n) is 3.89. The van der Waals surface area contributed by atoms with Crippen LogP contribution in [0.2, 0.25) is 0 Å². The normalized spacial score (nSPS) is 11.5. The molecular formula is C21H27NO10S. The molecule has 11 nitrogen and oxygen atoms in total. The van der Waals surface area contributed by atoms with E-state index < -0.39 is 53.7 Å². The molecule has 1 aromatic rings. The van der Waals surface area contributed by atoms with E-state index >= 15 is 0 Å². The number of carbonyl (C=O) groups is 5. The lowest BCUT2D eigenvalue weighted by Gasteiger charge is -2.31. The molecule has 182 valence electrons. The van der Waals surface area contributed by atoms with Gasteiger partial charge in [0.25, 0.3) is 0 Å². The lowest BCUT2D eigenvalue weighted by atomic mass is 10.0. The van der Waals surface area contributed by atoms with Gasteiger partial charge in [-0.3, -0.25) is 9.59 Å². The Bertz CT molecular complexity index is 828. The maximum atomic E-state index is 12.8. The number of hydrogen-bond acceptors (Lipinski definition) is 11. The van der Waals surface area contributed by atoms with Gasteiger partial charge in [-0.2, -0.15) is 0 Å². The number of benzene rings is 1. The highest BCUT2D eigenvalue weighted by molar-refractivity contribution is 8.14.